The molecule has 5 heteroatoms. The first kappa shape index (κ1) is 19.2. The van der Waals surface area contributed by atoms with Crippen LogP contribution in [0.3, 0.4) is 0 Å². The first-order chi connectivity index (χ1) is 12.9. The SMILES string of the molecule is CCOc1ccccc1[C@@H]1C(C(=O)OC(C)C)=C(C)NC2=C1C(=O)CCC2. The fraction of sp³-hybridized carbons (Fsp3) is 0.455. The van der Waals surface area contributed by atoms with Crippen molar-refractivity contribution in [3.63, 3.8) is 0 Å². The second kappa shape index (κ2) is 7.99. The summed E-state index contributed by atoms with van der Waals surface area (Å²) in [5.74, 6) is -0.0820. The lowest BCUT2D eigenvalue weighted by Crippen LogP contribution is -2.35. The highest BCUT2D eigenvalue weighted by atomic mass is 16.5. The Morgan fingerprint density at radius 3 is 2.70 bits per heavy atom. The molecule has 5 nitrogen and oxygen atoms in total. The van der Waals surface area contributed by atoms with Crippen LogP contribution < -0.4 is 10.1 Å². The van der Waals surface area contributed by atoms with Gasteiger partial charge in [-0.25, -0.2) is 4.79 Å². The molecule has 0 saturated carbocycles. The van der Waals surface area contributed by atoms with Crippen molar-refractivity contribution < 1.29 is 19.1 Å². The summed E-state index contributed by atoms with van der Waals surface area (Å²) in [5.41, 5.74) is 3.66. The fourth-order valence-electron chi connectivity index (χ4n) is 3.85. The molecule has 1 atom stereocenters. The largest absolute Gasteiger partial charge is 0.494 e. The number of benzene rings is 1. The highest BCUT2D eigenvalue weighted by Crippen LogP contribution is 2.45. The summed E-state index contributed by atoms with van der Waals surface area (Å²) in [4.78, 5) is 25.8. The second-order valence-electron chi connectivity index (χ2n) is 7.19. The van der Waals surface area contributed by atoms with E-state index in [9.17, 15) is 9.59 Å². The summed E-state index contributed by atoms with van der Waals surface area (Å²) < 4.78 is 11.3. The van der Waals surface area contributed by atoms with E-state index in [0.29, 0.717) is 29.9 Å². The zero-order valence-electron chi connectivity index (χ0n) is 16.4. The van der Waals surface area contributed by atoms with Crippen LogP contribution in [0.2, 0.25) is 0 Å². The van der Waals surface area contributed by atoms with Crippen molar-refractivity contribution in [2.24, 2.45) is 0 Å². The van der Waals surface area contributed by atoms with Crippen molar-refractivity contribution in [2.45, 2.75) is 59.0 Å². The molecule has 27 heavy (non-hydrogen) atoms. The number of rotatable bonds is 5. The van der Waals surface area contributed by atoms with E-state index in [1.54, 1.807) is 0 Å². The third-order valence-corrected chi connectivity index (χ3v) is 4.87. The number of Topliss-reactive ketones (excluding diaryl/α,β-unsaturated/α-hetero) is 1. The summed E-state index contributed by atoms with van der Waals surface area (Å²) in [6.45, 7) is 7.95. The molecule has 0 spiro atoms. The smallest absolute Gasteiger partial charge is 0.337 e. The minimum Gasteiger partial charge on any atom is -0.494 e. The Labute approximate surface area is 160 Å². The molecular weight excluding hydrogens is 342 g/mol. The number of carbonyl (C=O) groups excluding carboxylic acids is 2. The normalized spacial score (nSPS) is 19.7. The molecule has 0 amide bonds. The molecule has 2 aliphatic rings. The molecule has 0 radical (unpaired) electrons. The number of hydrogen-bond donors (Lipinski definition) is 1. The van der Waals surface area contributed by atoms with Gasteiger partial charge < -0.3 is 14.8 Å². The van der Waals surface area contributed by atoms with E-state index in [0.717, 1.165) is 29.8 Å². The maximum atomic E-state index is 13.0. The number of dihydropyridines is 1. The molecule has 0 saturated heterocycles. The molecule has 144 valence electrons. The monoisotopic (exact) mass is 369 g/mol. The molecule has 1 aromatic carbocycles. The average Bonchev–Trinajstić information content (AvgIpc) is 2.61. The van der Waals surface area contributed by atoms with Crippen LogP contribution in [0, 0.1) is 0 Å². The van der Waals surface area contributed by atoms with E-state index < -0.39 is 11.9 Å². The fourth-order valence-corrected chi connectivity index (χ4v) is 3.85. The van der Waals surface area contributed by atoms with Gasteiger partial charge in [-0.2, -0.15) is 0 Å². The van der Waals surface area contributed by atoms with Crippen LogP contribution in [0.1, 0.15) is 58.4 Å². The van der Waals surface area contributed by atoms with Crippen LogP contribution in [0.5, 0.6) is 5.75 Å². The number of nitrogens with one attached hydrogen (secondary N) is 1. The molecule has 1 N–H and O–H groups in total. The standard InChI is InChI=1S/C22H27NO4/c1-5-26-18-12-7-6-9-15(18)20-19(22(25)27-13(2)3)14(4)23-16-10-8-11-17(24)21(16)20/h6-7,9,12-13,20,23H,5,8,10-11H2,1-4H3/t20-/m1/s1. The molecule has 0 bridgehead atoms. The van der Waals surface area contributed by atoms with Crippen LogP contribution >= 0.6 is 0 Å². The van der Waals surface area contributed by atoms with Crippen LogP contribution in [0.15, 0.2) is 46.8 Å². The molecule has 1 aliphatic carbocycles. The summed E-state index contributed by atoms with van der Waals surface area (Å²) in [6.07, 6.45) is 1.89. The Balaban J connectivity index is 2.18. The number of hydrogen-bond acceptors (Lipinski definition) is 5. The van der Waals surface area contributed by atoms with Gasteiger partial charge in [-0.3, -0.25) is 4.79 Å². The van der Waals surface area contributed by atoms with Gasteiger partial charge in [0.1, 0.15) is 5.75 Å². The quantitative estimate of drug-likeness (QED) is 0.795. The van der Waals surface area contributed by atoms with Gasteiger partial charge in [0, 0.05) is 29.0 Å². The van der Waals surface area contributed by atoms with Gasteiger partial charge in [-0.05, 0) is 46.6 Å². The number of ketones is 1. The van der Waals surface area contributed by atoms with Crippen molar-refractivity contribution in [1.29, 1.82) is 0 Å². The lowest BCUT2D eigenvalue weighted by molar-refractivity contribution is -0.143. The topological polar surface area (TPSA) is 64.6 Å². The summed E-state index contributed by atoms with van der Waals surface area (Å²) in [6, 6.07) is 7.63. The van der Waals surface area contributed by atoms with E-state index in [2.05, 4.69) is 5.32 Å². The maximum Gasteiger partial charge on any atom is 0.337 e. The molecule has 0 aromatic heterocycles. The summed E-state index contributed by atoms with van der Waals surface area (Å²) in [7, 11) is 0. The van der Waals surface area contributed by atoms with E-state index >= 15 is 0 Å². The maximum absolute atomic E-state index is 13.0. The number of esters is 1. The number of ether oxygens (including phenoxy) is 2. The Morgan fingerprint density at radius 2 is 2.00 bits per heavy atom. The van der Waals surface area contributed by atoms with Crippen LogP contribution in [-0.4, -0.2) is 24.5 Å². The molecule has 0 unspecified atom stereocenters. The molecule has 1 heterocycles. The number of carbonyl (C=O) groups is 2. The van der Waals surface area contributed by atoms with E-state index in [-0.39, 0.29) is 11.9 Å². The minimum absolute atomic E-state index is 0.0856. The van der Waals surface area contributed by atoms with Gasteiger partial charge in [-0.1, -0.05) is 18.2 Å². The van der Waals surface area contributed by atoms with Gasteiger partial charge in [0.2, 0.25) is 0 Å². The van der Waals surface area contributed by atoms with Crippen LogP contribution in [0.4, 0.5) is 0 Å². The third-order valence-electron chi connectivity index (χ3n) is 4.87. The van der Waals surface area contributed by atoms with Gasteiger partial charge in [0.15, 0.2) is 5.78 Å². The second-order valence-corrected chi connectivity index (χ2v) is 7.19. The average molecular weight is 369 g/mol. The van der Waals surface area contributed by atoms with E-state index in [1.165, 1.54) is 0 Å². The number of allylic oxidation sites excluding steroid dienone is 3. The first-order valence-electron chi connectivity index (χ1n) is 9.60. The highest BCUT2D eigenvalue weighted by molar-refractivity contribution is 6.04. The Bertz CT molecular complexity index is 819. The zero-order chi connectivity index (χ0) is 19.6. The van der Waals surface area contributed by atoms with Crippen molar-refractivity contribution in [1.82, 2.24) is 5.32 Å². The van der Waals surface area contributed by atoms with E-state index in [1.807, 2.05) is 52.0 Å². The van der Waals surface area contributed by atoms with Crippen molar-refractivity contribution in [2.75, 3.05) is 6.61 Å². The van der Waals surface area contributed by atoms with Gasteiger partial charge in [0.25, 0.3) is 0 Å². The highest BCUT2D eigenvalue weighted by Gasteiger charge is 2.40. The number of para-hydroxylation sites is 1. The third kappa shape index (κ3) is 3.77. The van der Waals surface area contributed by atoms with Crippen molar-refractivity contribution in [3.05, 3.63) is 52.4 Å². The molecule has 3 rings (SSSR count). The summed E-state index contributed by atoms with van der Waals surface area (Å²) in [5, 5.41) is 3.30. The predicted molar refractivity (Wildman–Crippen MR) is 103 cm³/mol. The molecule has 1 aliphatic heterocycles. The lowest BCUT2D eigenvalue weighted by Gasteiger charge is -2.35. The van der Waals surface area contributed by atoms with Crippen molar-refractivity contribution in [3.8, 4) is 5.75 Å². The summed E-state index contributed by atoms with van der Waals surface area (Å²) >= 11 is 0. The molecule has 0 fully saturated rings. The van der Waals surface area contributed by atoms with Crippen LogP contribution in [0.25, 0.3) is 0 Å². The Hall–Kier alpha value is -2.56. The van der Waals surface area contributed by atoms with E-state index in [4.69, 9.17) is 9.47 Å². The minimum atomic E-state index is -0.469. The first-order valence-corrected chi connectivity index (χ1v) is 9.60. The van der Waals surface area contributed by atoms with Gasteiger partial charge >= 0.3 is 5.97 Å². The lowest BCUT2D eigenvalue weighted by atomic mass is 9.75. The van der Waals surface area contributed by atoms with Crippen molar-refractivity contribution >= 4 is 11.8 Å². The molecular formula is C22H27NO4. The zero-order valence-corrected chi connectivity index (χ0v) is 16.4. The molecule has 1 aromatic rings. The van der Waals surface area contributed by atoms with Crippen LogP contribution in [-0.2, 0) is 14.3 Å². The van der Waals surface area contributed by atoms with Gasteiger partial charge in [0.05, 0.1) is 24.2 Å². The Morgan fingerprint density at radius 1 is 1.26 bits per heavy atom. The van der Waals surface area contributed by atoms with Gasteiger partial charge in [-0.15, -0.1) is 0 Å². The predicted octanol–water partition coefficient (Wildman–Crippen LogP) is 4.00. The Kier molecular flexibility index (Phi) is 5.68.